The average molecular weight is 336 g/mol. The number of carbonyl (C=O) groups is 1. The average Bonchev–Trinajstić information content (AvgIpc) is 2.60. The van der Waals surface area contributed by atoms with Gasteiger partial charge in [0.25, 0.3) is 0 Å². The van der Waals surface area contributed by atoms with Crippen LogP contribution in [0.5, 0.6) is 11.5 Å². The fourth-order valence-corrected chi connectivity index (χ4v) is 2.55. The molecule has 0 aromatic heterocycles. The fraction of sp³-hybridized carbons (Fsp3) is 0.227. The zero-order valence-corrected chi connectivity index (χ0v) is 14.5. The van der Waals surface area contributed by atoms with Gasteiger partial charge < -0.3 is 10.2 Å². The predicted octanol–water partition coefficient (Wildman–Crippen LogP) is 5.50. The van der Waals surface area contributed by atoms with Crippen LogP contribution in [0.3, 0.4) is 0 Å². The zero-order chi connectivity index (χ0) is 18.1. The maximum Gasteiger partial charge on any atom is 0.189 e. The molecule has 25 heavy (non-hydrogen) atoms. The normalized spacial score (nSPS) is 11.8. The number of aromatic hydroxyl groups is 2. The van der Waals surface area contributed by atoms with E-state index in [1.165, 1.54) is 24.3 Å². The lowest BCUT2D eigenvalue weighted by molar-refractivity contribution is 0.104. The Morgan fingerprint density at radius 1 is 1.00 bits per heavy atom. The van der Waals surface area contributed by atoms with Gasteiger partial charge in [0.2, 0.25) is 0 Å². The first kappa shape index (κ1) is 18.5. The molecule has 0 atom stereocenters. The summed E-state index contributed by atoms with van der Waals surface area (Å²) >= 11 is 0. The maximum atomic E-state index is 12.3. The topological polar surface area (TPSA) is 57.5 Å². The maximum absolute atomic E-state index is 12.3. The number of unbranched alkanes of at least 4 members (excludes halogenated alkanes) is 2. The van der Waals surface area contributed by atoms with Gasteiger partial charge in [0, 0.05) is 6.07 Å². The van der Waals surface area contributed by atoms with Crippen LogP contribution in [0.2, 0.25) is 0 Å². The van der Waals surface area contributed by atoms with Crippen LogP contribution in [0.25, 0.3) is 6.08 Å². The van der Waals surface area contributed by atoms with Crippen molar-refractivity contribution in [3.05, 3.63) is 77.4 Å². The van der Waals surface area contributed by atoms with E-state index in [-0.39, 0.29) is 22.8 Å². The minimum atomic E-state index is -0.285. The van der Waals surface area contributed by atoms with Gasteiger partial charge in [-0.3, -0.25) is 4.79 Å². The van der Waals surface area contributed by atoms with Crippen LogP contribution in [-0.4, -0.2) is 16.0 Å². The molecule has 0 saturated heterocycles. The van der Waals surface area contributed by atoms with E-state index in [1.807, 2.05) is 36.4 Å². The number of benzene rings is 2. The standard InChI is InChI=1S/C22H24O3/c1-2-3-5-8-18(15-17-9-6-4-7-10-17)11-14-21(24)20-13-12-19(23)16-22(20)25/h4,6-7,9-16,23,25H,2-3,5,8H2,1H3/b14-11+,18-15-. The van der Waals surface area contributed by atoms with Gasteiger partial charge in [0.1, 0.15) is 11.5 Å². The van der Waals surface area contributed by atoms with Crippen LogP contribution < -0.4 is 0 Å². The number of allylic oxidation sites excluding steroid dienone is 3. The number of phenolic OH excluding ortho intramolecular Hbond substituents is 2. The van der Waals surface area contributed by atoms with Gasteiger partial charge in [-0.05, 0) is 42.2 Å². The summed E-state index contributed by atoms with van der Waals surface area (Å²) in [6.45, 7) is 2.16. The van der Waals surface area contributed by atoms with Crippen molar-refractivity contribution in [2.45, 2.75) is 32.6 Å². The minimum absolute atomic E-state index is 0.0674. The molecule has 0 saturated carbocycles. The third-order valence-electron chi connectivity index (χ3n) is 3.92. The van der Waals surface area contributed by atoms with Crippen molar-refractivity contribution in [3.8, 4) is 11.5 Å². The van der Waals surface area contributed by atoms with Crippen molar-refractivity contribution in [1.29, 1.82) is 0 Å². The van der Waals surface area contributed by atoms with Gasteiger partial charge in [0.15, 0.2) is 5.78 Å². The molecule has 0 unspecified atom stereocenters. The van der Waals surface area contributed by atoms with Crippen LogP contribution in [0.15, 0.2) is 66.3 Å². The zero-order valence-electron chi connectivity index (χ0n) is 14.5. The number of phenols is 2. The van der Waals surface area contributed by atoms with E-state index in [0.717, 1.165) is 36.8 Å². The summed E-state index contributed by atoms with van der Waals surface area (Å²) in [4.78, 5) is 12.3. The van der Waals surface area contributed by atoms with Crippen molar-refractivity contribution in [1.82, 2.24) is 0 Å². The minimum Gasteiger partial charge on any atom is -0.508 e. The fourth-order valence-electron chi connectivity index (χ4n) is 2.55. The first-order chi connectivity index (χ1) is 12.1. The summed E-state index contributed by atoms with van der Waals surface area (Å²) in [5, 5.41) is 19.1. The first-order valence-corrected chi connectivity index (χ1v) is 8.60. The predicted molar refractivity (Wildman–Crippen MR) is 102 cm³/mol. The van der Waals surface area contributed by atoms with E-state index >= 15 is 0 Å². The van der Waals surface area contributed by atoms with Gasteiger partial charge in [-0.15, -0.1) is 0 Å². The van der Waals surface area contributed by atoms with Gasteiger partial charge in [-0.25, -0.2) is 0 Å². The molecule has 130 valence electrons. The van der Waals surface area contributed by atoms with E-state index < -0.39 is 0 Å². The van der Waals surface area contributed by atoms with Gasteiger partial charge in [0.05, 0.1) is 5.56 Å². The van der Waals surface area contributed by atoms with Crippen LogP contribution in [0, 0.1) is 0 Å². The van der Waals surface area contributed by atoms with E-state index in [1.54, 1.807) is 0 Å². The lowest BCUT2D eigenvalue weighted by atomic mass is 10.0. The third kappa shape index (κ3) is 5.96. The molecular formula is C22H24O3. The van der Waals surface area contributed by atoms with E-state index in [0.29, 0.717) is 0 Å². The molecule has 2 rings (SSSR count). The van der Waals surface area contributed by atoms with Crippen molar-refractivity contribution in [2.75, 3.05) is 0 Å². The summed E-state index contributed by atoms with van der Waals surface area (Å²) in [6.07, 6.45) is 9.63. The summed E-state index contributed by atoms with van der Waals surface area (Å²) in [5.41, 5.74) is 2.35. The highest BCUT2D eigenvalue weighted by Gasteiger charge is 2.09. The summed E-state index contributed by atoms with van der Waals surface area (Å²) < 4.78 is 0. The number of hydrogen-bond donors (Lipinski definition) is 2. The van der Waals surface area contributed by atoms with Gasteiger partial charge in [-0.1, -0.05) is 62.2 Å². The molecule has 2 aromatic carbocycles. The molecule has 0 radical (unpaired) electrons. The Hall–Kier alpha value is -2.81. The number of carbonyl (C=O) groups excluding carboxylic acids is 1. The van der Waals surface area contributed by atoms with Crippen LogP contribution in [-0.2, 0) is 0 Å². The Morgan fingerprint density at radius 3 is 2.44 bits per heavy atom. The highest BCUT2D eigenvalue weighted by atomic mass is 16.3. The lowest BCUT2D eigenvalue weighted by Crippen LogP contribution is -1.95. The molecule has 3 nitrogen and oxygen atoms in total. The lowest BCUT2D eigenvalue weighted by Gasteiger charge is -2.04. The Morgan fingerprint density at radius 2 is 1.76 bits per heavy atom. The number of ketones is 1. The van der Waals surface area contributed by atoms with E-state index in [2.05, 4.69) is 13.0 Å². The summed E-state index contributed by atoms with van der Waals surface area (Å²) in [6, 6.07) is 14.0. The Kier molecular flexibility index (Phi) is 7.02. The molecule has 0 amide bonds. The monoisotopic (exact) mass is 336 g/mol. The van der Waals surface area contributed by atoms with Crippen molar-refractivity contribution >= 4 is 11.9 Å². The molecule has 0 fully saturated rings. The second-order valence-electron chi connectivity index (χ2n) is 5.99. The highest BCUT2D eigenvalue weighted by molar-refractivity contribution is 6.06. The highest BCUT2D eigenvalue weighted by Crippen LogP contribution is 2.23. The second kappa shape index (κ2) is 9.48. The second-order valence-corrected chi connectivity index (χ2v) is 5.99. The first-order valence-electron chi connectivity index (χ1n) is 8.60. The molecule has 3 heteroatoms. The molecule has 0 heterocycles. The van der Waals surface area contributed by atoms with Crippen molar-refractivity contribution in [2.24, 2.45) is 0 Å². The van der Waals surface area contributed by atoms with Gasteiger partial charge in [-0.2, -0.15) is 0 Å². The SMILES string of the molecule is CCCCCC(=C/c1ccccc1)/C=C/C(=O)c1ccc(O)cc1O. The molecule has 0 aliphatic heterocycles. The quantitative estimate of drug-likeness (QED) is 0.289. The Bertz CT molecular complexity index is 758. The van der Waals surface area contributed by atoms with Crippen LogP contribution in [0.4, 0.5) is 0 Å². The Labute approximate surface area is 149 Å². The molecular weight excluding hydrogens is 312 g/mol. The largest absolute Gasteiger partial charge is 0.508 e. The van der Waals surface area contributed by atoms with E-state index in [4.69, 9.17) is 0 Å². The summed E-state index contributed by atoms with van der Waals surface area (Å²) in [7, 11) is 0. The molecule has 0 bridgehead atoms. The molecule has 2 aromatic rings. The van der Waals surface area contributed by atoms with E-state index in [9.17, 15) is 15.0 Å². The molecule has 2 N–H and O–H groups in total. The van der Waals surface area contributed by atoms with Crippen LogP contribution in [0.1, 0.15) is 48.5 Å². The smallest absolute Gasteiger partial charge is 0.189 e. The van der Waals surface area contributed by atoms with Gasteiger partial charge >= 0.3 is 0 Å². The number of rotatable bonds is 8. The van der Waals surface area contributed by atoms with Crippen molar-refractivity contribution < 1.29 is 15.0 Å². The number of hydrogen-bond acceptors (Lipinski definition) is 3. The van der Waals surface area contributed by atoms with Crippen LogP contribution >= 0.6 is 0 Å². The molecule has 0 aliphatic carbocycles. The Balaban J connectivity index is 2.18. The van der Waals surface area contributed by atoms with Crippen molar-refractivity contribution in [3.63, 3.8) is 0 Å². The third-order valence-corrected chi connectivity index (χ3v) is 3.92. The summed E-state index contributed by atoms with van der Waals surface area (Å²) in [5.74, 6) is -0.566. The molecule has 0 spiro atoms. The molecule has 0 aliphatic rings.